The zero-order chi connectivity index (χ0) is 20.3. The van der Waals surface area contributed by atoms with E-state index in [0.29, 0.717) is 17.1 Å². The molecule has 0 saturated carbocycles. The standard InChI is InChI=1S/C20H18BrIN2O4/c1-11(2)27-16-5-4-12(6-18(16)26-3)10-23-24-20(25)19-8-13-7-14(21)15(22)9-17(13)28-19/h4-11H,1-3H3,(H,24,25)/b23-10+. The third kappa shape index (κ3) is 4.85. The summed E-state index contributed by atoms with van der Waals surface area (Å²) in [5.74, 6) is 1.02. The molecule has 1 aromatic heterocycles. The lowest BCUT2D eigenvalue weighted by Gasteiger charge is -2.13. The second-order valence-corrected chi connectivity index (χ2v) is 8.21. The molecule has 146 valence electrons. The number of hydrogen-bond donors (Lipinski definition) is 1. The first kappa shape index (κ1) is 20.7. The van der Waals surface area contributed by atoms with Gasteiger partial charge in [-0.25, -0.2) is 5.43 Å². The molecule has 0 aliphatic carbocycles. The van der Waals surface area contributed by atoms with Crippen molar-refractivity contribution in [1.29, 1.82) is 0 Å². The maximum Gasteiger partial charge on any atom is 0.307 e. The van der Waals surface area contributed by atoms with E-state index in [2.05, 4.69) is 49.0 Å². The Labute approximate surface area is 184 Å². The number of benzene rings is 2. The minimum Gasteiger partial charge on any atom is -0.493 e. The average molecular weight is 557 g/mol. The molecule has 0 bridgehead atoms. The monoisotopic (exact) mass is 556 g/mol. The Balaban J connectivity index is 1.71. The van der Waals surface area contributed by atoms with Crippen LogP contribution in [-0.4, -0.2) is 25.3 Å². The quantitative estimate of drug-likeness (QED) is 0.252. The van der Waals surface area contributed by atoms with Crippen molar-refractivity contribution >= 4 is 61.6 Å². The van der Waals surface area contributed by atoms with Crippen LogP contribution in [0.5, 0.6) is 11.5 Å². The van der Waals surface area contributed by atoms with Gasteiger partial charge in [0.15, 0.2) is 17.3 Å². The molecule has 1 amide bonds. The molecule has 28 heavy (non-hydrogen) atoms. The van der Waals surface area contributed by atoms with Crippen LogP contribution in [0, 0.1) is 3.57 Å². The van der Waals surface area contributed by atoms with Crippen LogP contribution in [0.3, 0.4) is 0 Å². The molecule has 0 saturated heterocycles. The first-order valence-electron chi connectivity index (χ1n) is 8.44. The van der Waals surface area contributed by atoms with Gasteiger partial charge in [0, 0.05) is 13.4 Å². The number of nitrogens with zero attached hydrogens (tertiary/aromatic N) is 1. The Hall–Kier alpha value is -2.07. The van der Waals surface area contributed by atoms with Crippen molar-refractivity contribution in [3.05, 3.63) is 55.8 Å². The summed E-state index contributed by atoms with van der Waals surface area (Å²) < 4.78 is 18.6. The summed E-state index contributed by atoms with van der Waals surface area (Å²) in [5, 5.41) is 4.84. The summed E-state index contributed by atoms with van der Waals surface area (Å²) >= 11 is 5.66. The van der Waals surface area contributed by atoms with Gasteiger partial charge >= 0.3 is 5.91 Å². The highest BCUT2D eigenvalue weighted by Gasteiger charge is 2.13. The fraction of sp³-hybridized carbons (Fsp3) is 0.200. The van der Waals surface area contributed by atoms with Crippen molar-refractivity contribution in [3.63, 3.8) is 0 Å². The average Bonchev–Trinajstić information content (AvgIpc) is 3.05. The summed E-state index contributed by atoms with van der Waals surface area (Å²) in [5.41, 5.74) is 3.88. The minimum atomic E-state index is -0.426. The van der Waals surface area contributed by atoms with E-state index >= 15 is 0 Å². The van der Waals surface area contributed by atoms with Crippen LogP contribution in [-0.2, 0) is 0 Å². The van der Waals surface area contributed by atoms with Crippen LogP contribution >= 0.6 is 38.5 Å². The molecule has 6 nitrogen and oxygen atoms in total. The molecule has 1 N–H and O–H groups in total. The highest BCUT2D eigenvalue weighted by Crippen LogP contribution is 2.29. The second kappa shape index (κ2) is 8.95. The lowest BCUT2D eigenvalue weighted by atomic mass is 10.2. The summed E-state index contributed by atoms with van der Waals surface area (Å²) in [6, 6.07) is 10.9. The third-order valence-electron chi connectivity index (χ3n) is 3.71. The molecule has 0 aliphatic rings. The van der Waals surface area contributed by atoms with E-state index < -0.39 is 5.91 Å². The number of carbonyl (C=O) groups is 1. The molecule has 0 fully saturated rings. The van der Waals surface area contributed by atoms with E-state index in [4.69, 9.17) is 13.9 Å². The Bertz CT molecular complexity index is 1010. The first-order valence-corrected chi connectivity index (χ1v) is 10.3. The number of halogens is 2. The van der Waals surface area contributed by atoms with Crippen LogP contribution in [0.25, 0.3) is 11.0 Å². The van der Waals surface area contributed by atoms with Gasteiger partial charge in [0.1, 0.15) is 5.58 Å². The molecule has 8 heteroatoms. The van der Waals surface area contributed by atoms with Gasteiger partial charge in [0.2, 0.25) is 0 Å². The lowest BCUT2D eigenvalue weighted by molar-refractivity contribution is 0.0929. The maximum atomic E-state index is 12.3. The Morgan fingerprint density at radius 2 is 2.04 bits per heavy atom. The Morgan fingerprint density at radius 3 is 2.75 bits per heavy atom. The second-order valence-electron chi connectivity index (χ2n) is 6.19. The Morgan fingerprint density at radius 1 is 1.25 bits per heavy atom. The zero-order valence-corrected chi connectivity index (χ0v) is 19.2. The number of amides is 1. The van der Waals surface area contributed by atoms with Gasteiger partial charge in [-0.1, -0.05) is 0 Å². The van der Waals surface area contributed by atoms with Crippen molar-refractivity contribution < 1.29 is 18.7 Å². The topological polar surface area (TPSA) is 73.1 Å². The van der Waals surface area contributed by atoms with Gasteiger partial charge in [-0.3, -0.25) is 4.79 Å². The number of nitrogens with one attached hydrogen (secondary N) is 1. The van der Waals surface area contributed by atoms with Gasteiger partial charge in [0.05, 0.1) is 19.4 Å². The largest absolute Gasteiger partial charge is 0.493 e. The molecule has 1 heterocycles. The molecule has 0 atom stereocenters. The van der Waals surface area contributed by atoms with E-state index in [-0.39, 0.29) is 11.9 Å². The fourth-order valence-corrected chi connectivity index (χ4v) is 3.28. The van der Waals surface area contributed by atoms with E-state index in [1.807, 2.05) is 32.0 Å². The number of rotatable bonds is 6. The lowest BCUT2D eigenvalue weighted by Crippen LogP contribution is -2.16. The number of ether oxygens (including phenoxy) is 2. The summed E-state index contributed by atoms with van der Waals surface area (Å²) in [7, 11) is 1.58. The van der Waals surface area contributed by atoms with Gasteiger partial charge in [-0.2, -0.15) is 5.10 Å². The highest BCUT2D eigenvalue weighted by atomic mass is 127. The smallest absolute Gasteiger partial charge is 0.307 e. The van der Waals surface area contributed by atoms with E-state index in [1.54, 1.807) is 25.3 Å². The van der Waals surface area contributed by atoms with Crippen LogP contribution in [0.2, 0.25) is 0 Å². The van der Waals surface area contributed by atoms with Crippen molar-refractivity contribution in [2.24, 2.45) is 5.10 Å². The molecule has 0 unspecified atom stereocenters. The van der Waals surface area contributed by atoms with Gasteiger partial charge in [-0.05, 0) is 94.3 Å². The van der Waals surface area contributed by atoms with E-state index in [9.17, 15) is 4.79 Å². The van der Waals surface area contributed by atoms with Crippen LogP contribution in [0.4, 0.5) is 0 Å². The Kier molecular flexibility index (Phi) is 6.61. The fourth-order valence-electron chi connectivity index (χ4n) is 2.48. The number of furan rings is 1. The maximum absolute atomic E-state index is 12.3. The molecule has 3 rings (SSSR count). The predicted molar refractivity (Wildman–Crippen MR) is 120 cm³/mol. The third-order valence-corrected chi connectivity index (χ3v) is 6.00. The number of fused-ring (bicyclic) bond motifs is 1. The molecule has 0 radical (unpaired) electrons. The van der Waals surface area contributed by atoms with E-state index in [0.717, 1.165) is 19.0 Å². The number of hydrogen-bond acceptors (Lipinski definition) is 5. The van der Waals surface area contributed by atoms with Gasteiger partial charge in [-0.15, -0.1) is 0 Å². The van der Waals surface area contributed by atoms with Crippen molar-refractivity contribution in [1.82, 2.24) is 5.43 Å². The van der Waals surface area contributed by atoms with Crippen molar-refractivity contribution in [2.45, 2.75) is 20.0 Å². The summed E-state index contributed by atoms with van der Waals surface area (Å²) in [4.78, 5) is 12.3. The number of methoxy groups -OCH3 is 1. The van der Waals surface area contributed by atoms with Crippen LogP contribution < -0.4 is 14.9 Å². The molecule has 3 aromatic rings. The molecule has 2 aromatic carbocycles. The van der Waals surface area contributed by atoms with Gasteiger partial charge < -0.3 is 13.9 Å². The first-order chi connectivity index (χ1) is 13.4. The number of carbonyl (C=O) groups excluding carboxylic acids is 1. The molecule has 0 spiro atoms. The minimum absolute atomic E-state index is 0.0421. The van der Waals surface area contributed by atoms with E-state index in [1.165, 1.54) is 6.21 Å². The molecular weight excluding hydrogens is 539 g/mol. The number of hydrazone groups is 1. The molecular formula is C20H18BrIN2O4. The SMILES string of the molecule is COc1cc(/C=N/NC(=O)c2cc3cc(Br)c(I)cc3o2)ccc1OC(C)C. The summed E-state index contributed by atoms with van der Waals surface area (Å²) in [6.45, 7) is 3.89. The summed E-state index contributed by atoms with van der Waals surface area (Å²) in [6.07, 6.45) is 1.57. The van der Waals surface area contributed by atoms with Crippen molar-refractivity contribution in [2.75, 3.05) is 7.11 Å². The normalized spacial score (nSPS) is 11.4. The van der Waals surface area contributed by atoms with Crippen LogP contribution in [0.15, 0.2) is 50.4 Å². The van der Waals surface area contributed by atoms with Gasteiger partial charge in [0.25, 0.3) is 0 Å². The molecule has 0 aliphatic heterocycles. The predicted octanol–water partition coefficient (Wildman–Crippen LogP) is 5.36. The van der Waals surface area contributed by atoms with Crippen LogP contribution in [0.1, 0.15) is 30.0 Å². The van der Waals surface area contributed by atoms with Crippen molar-refractivity contribution in [3.8, 4) is 11.5 Å². The highest BCUT2D eigenvalue weighted by molar-refractivity contribution is 14.1. The zero-order valence-electron chi connectivity index (χ0n) is 15.5.